The van der Waals surface area contributed by atoms with Gasteiger partial charge in [-0.15, -0.1) is 11.3 Å². The topological polar surface area (TPSA) is 66.5 Å². The summed E-state index contributed by atoms with van der Waals surface area (Å²) in [6, 6.07) is 4.36. The molecule has 0 unspecified atom stereocenters. The zero-order valence-corrected chi connectivity index (χ0v) is 19.5. The second-order valence-electron chi connectivity index (χ2n) is 8.06. The Morgan fingerprint density at radius 1 is 1.31 bits per heavy atom. The van der Waals surface area contributed by atoms with Gasteiger partial charge >= 0.3 is 6.55 Å². The number of rotatable bonds is 6. The number of hydrogen-bond donors (Lipinski definition) is 1. The molecular weight excluding hydrogens is 506 g/mol. The normalized spacial score (nSPS) is 22.4. The molecular formula is C23H18ClF4N5OS. The summed E-state index contributed by atoms with van der Waals surface area (Å²) in [5.41, 5.74) is -0.421. The molecule has 5 rings (SSSR count). The average Bonchev–Trinajstić information content (AvgIpc) is 3.57. The van der Waals surface area contributed by atoms with Crippen molar-refractivity contribution < 1.29 is 22.7 Å². The Balaban J connectivity index is 1.75. The van der Waals surface area contributed by atoms with Gasteiger partial charge in [0, 0.05) is 46.1 Å². The van der Waals surface area contributed by atoms with Crippen LogP contribution in [-0.2, 0) is 0 Å². The number of aliphatic imine (C=N–C) groups is 1. The Morgan fingerprint density at radius 3 is 2.80 bits per heavy atom. The molecule has 0 amide bonds. The van der Waals surface area contributed by atoms with Crippen molar-refractivity contribution in [1.29, 1.82) is 0 Å². The van der Waals surface area contributed by atoms with E-state index >= 15 is 4.39 Å². The van der Waals surface area contributed by atoms with E-state index in [9.17, 15) is 18.3 Å². The first-order valence-electron chi connectivity index (χ1n) is 10.5. The molecule has 12 heteroatoms. The highest BCUT2D eigenvalue weighted by Crippen LogP contribution is 2.49. The number of alkyl halides is 3. The Hall–Kier alpha value is -3.02. The molecule has 4 heterocycles. The molecule has 182 valence electrons. The third kappa shape index (κ3) is 4.39. The Bertz CT molecular complexity index is 1340. The van der Waals surface area contributed by atoms with Gasteiger partial charge < -0.3 is 10.0 Å². The number of nitrogens with zero attached hydrogens (tertiary/aromatic N) is 5. The molecule has 2 aromatic heterocycles. The summed E-state index contributed by atoms with van der Waals surface area (Å²) >= 11 is 7.70. The van der Waals surface area contributed by atoms with Gasteiger partial charge in [-0.25, -0.2) is 18.4 Å². The van der Waals surface area contributed by atoms with Gasteiger partial charge in [-0.2, -0.15) is 13.9 Å². The maximum Gasteiger partial charge on any atom is 0.333 e. The van der Waals surface area contributed by atoms with Crippen LogP contribution in [0.3, 0.4) is 0 Å². The van der Waals surface area contributed by atoms with Crippen molar-refractivity contribution in [3.8, 4) is 0 Å². The van der Waals surface area contributed by atoms with Crippen molar-refractivity contribution in [3.63, 3.8) is 0 Å². The van der Waals surface area contributed by atoms with E-state index in [-0.39, 0.29) is 30.3 Å². The number of thiazole rings is 1. The van der Waals surface area contributed by atoms with E-state index in [0.29, 0.717) is 32.4 Å². The maximum atomic E-state index is 15.9. The van der Waals surface area contributed by atoms with E-state index in [2.05, 4.69) is 10.1 Å². The minimum Gasteiger partial charge on any atom is -0.392 e. The summed E-state index contributed by atoms with van der Waals surface area (Å²) in [7, 11) is 0. The highest BCUT2D eigenvalue weighted by atomic mass is 35.5. The van der Waals surface area contributed by atoms with Gasteiger partial charge in [-0.05, 0) is 24.3 Å². The van der Waals surface area contributed by atoms with Crippen molar-refractivity contribution in [2.75, 3.05) is 13.2 Å². The molecule has 2 aliphatic heterocycles. The highest BCUT2D eigenvalue weighted by Gasteiger charge is 2.47. The van der Waals surface area contributed by atoms with Gasteiger partial charge in [-0.1, -0.05) is 23.7 Å². The molecule has 1 N–H and O–H groups in total. The van der Waals surface area contributed by atoms with Gasteiger partial charge in [0.15, 0.2) is 16.5 Å². The van der Waals surface area contributed by atoms with Gasteiger partial charge in [0.1, 0.15) is 11.9 Å². The van der Waals surface area contributed by atoms with Crippen LogP contribution in [0.5, 0.6) is 0 Å². The molecule has 0 radical (unpaired) electrons. The molecule has 0 bridgehead atoms. The quantitative estimate of drug-likeness (QED) is 0.347. The molecule has 0 aliphatic carbocycles. The van der Waals surface area contributed by atoms with Crippen molar-refractivity contribution >= 4 is 34.3 Å². The fourth-order valence-corrected chi connectivity index (χ4v) is 5.26. The van der Waals surface area contributed by atoms with Gasteiger partial charge in [0.25, 0.3) is 0 Å². The fourth-order valence-electron chi connectivity index (χ4n) is 4.35. The number of aliphatic hydroxyl groups excluding tert-OH is 1. The number of halogens is 5. The van der Waals surface area contributed by atoms with Gasteiger partial charge in [0.2, 0.25) is 0 Å². The lowest BCUT2D eigenvalue weighted by Gasteiger charge is -2.32. The molecule has 1 fully saturated rings. The summed E-state index contributed by atoms with van der Waals surface area (Å²) in [4.78, 5) is 10.8. The van der Waals surface area contributed by atoms with Crippen LogP contribution in [0.25, 0.3) is 5.57 Å². The predicted molar refractivity (Wildman–Crippen MR) is 125 cm³/mol. The molecule has 6 nitrogen and oxygen atoms in total. The largest absolute Gasteiger partial charge is 0.392 e. The first-order chi connectivity index (χ1) is 16.8. The minimum absolute atomic E-state index is 0.0850. The van der Waals surface area contributed by atoms with Gasteiger partial charge in [-0.3, -0.25) is 4.99 Å². The Labute approximate surface area is 206 Å². The SMILES string of the molecule is OC/C=C/[C@]1(F)CC2=C(c3ccn(C(F)F)n3)[C@H](c3ccc(F)cc3Cl)N=C(c3nccs3)N2C1. The minimum atomic E-state index is -2.87. The number of amidine groups is 1. The number of benzene rings is 1. The zero-order chi connectivity index (χ0) is 24.7. The van der Waals surface area contributed by atoms with Crippen LogP contribution in [-0.4, -0.2) is 49.4 Å². The van der Waals surface area contributed by atoms with Crippen LogP contribution in [0.4, 0.5) is 17.6 Å². The van der Waals surface area contributed by atoms with E-state index in [0.717, 1.165) is 12.3 Å². The van der Waals surface area contributed by atoms with E-state index < -0.39 is 24.1 Å². The van der Waals surface area contributed by atoms with E-state index in [1.807, 2.05) is 0 Å². The number of hydrogen-bond acceptors (Lipinski definition) is 6. The van der Waals surface area contributed by atoms with Gasteiger partial charge in [0.05, 0.1) is 18.8 Å². The summed E-state index contributed by atoms with van der Waals surface area (Å²) in [5, 5.41) is 15.6. The molecule has 1 saturated heterocycles. The first kappa shape index (κ1) is 23.7. The molecule has 0 spiro atoms. The lowest BCUT2D eigenvalue weighted by molar-refractivity contribution is 0.0564. The second kappa shape index (κ2) is 9.21. The smallest absolute Gasteiger partial charge is 0.333 e. The zero-order valence-electron chi connectivity index (χ0n) is 18.0. The van der Waals surface area contributed by atoms with E-state index in [1.54, 1.807) is 16.5 Å². The number of fused-ring (bicyclic) bond motifs is 1. The fraction of sp³-hybridized carbons (Fsp3) is 0.261. The first-order valence-corrected chi connectivity index (χ1v) is 11.8. The Kier molecular flexibility index (Phi) is 6.24. The lowest BCUT2D eigenvalue weighted by Crippen LogP contribution is -2.35. The van der Waals surface area contributed by atoms with Crippen LogP contribution in [0.2, 0.25) is 5.02 Å². The molecule has 0 saturated carbocycles. The number of allylic oxidation sites excluding steroid dienone is 1. The van der Waals surface area contributed by atoms with Crippen molar-refractivity contribution in [2.45, 2.75) is 24.7 Å². The average molecular weight is 524 g/mol. The standard InChI is InChI=1S/C23H18ClF4N5OS/c24-15-10-13(25)2-3-14(15)19-18(16-4-7-33(31-16)22(26)27)17-11-23(28,5-1-8-34)12-32(17)20(30-19)21-29-6-9-35-21/h1-7,9-10,19,22,34H,8,11-12H2/b5-1+/t19-,23-/m0/s1. The van der Waals surface area contributed by atoms with Crippen molar-refractivity contribution in [3.05, 3.63) is 87.0 Å². The van der Waals surface area contributed by atoms with Crippen LogP contribution in [0, 0.1) is 5.82 Å². The molecule has 2 atom stereocenters. The summed E-state index contributed by atoms with van der Waals surface area (Å²) in [5.74, 6) is -0.163. The van der Waals surface area contributed by atoms with Crippen molar-refractivity contribution in [1.82, 2.24) is 19.7 Å². The Morgan fingerprint density at radius 2 is 2.14 bits per heavy atom. The van der Waals surface area contributed by atoms with Crippen LogP contribution < -0.4 is 0 Å². The second-order valence-corrected chi connectivity index (χ2v) is 9.36. The van der Waals surface area contributed by atoms with Crippen molar-refractivity contribution in [2.24, 2.45) is 4.99 Å². The third-order valence-electron chi connectivity index (χ3n) is 5.79. The monoisotopic (exact) mass is 523 g/mol. The molecule has 1 aromatic carbocycles. The van der Waals surface area contributed by atoms with Crippen LogP contribution in [0.15, 0.2) is 64.9 Å². The van der Waals surface area contributed by atoms with Crippen LogP contribution >= 0.6 is 22.9 Å². The maximum absolute atomic E-state index is 15.9. The molecule has 35 heavy (non-hydrogen) atoms. The highest BCUT2D eigenvalue weighted by molar-refractivity contribution is 7.11. The predicted octanol–water partition coefficient (Wildman–Crippen LogP) is 5.40. The van der Waals surface area contributed by atoms with E-state index in [4.69, 9.17) is 16.6 Å². The van der Waals surface area contributed by atoms with E-state index in [1.165, 1.54) is 41.7 Å². The lowest BCUT2D eigenvalue weighted by atomic mass is 9.91. The number of aromatic nitrogens is 3. The third-order valence-corrected chi connectivity index (χ3v) is 6.88. The summed E-state index contributed by atoms with van der Waals surface area (Å²) in [6.45, 7) is -3.33. The molecule has 3 aromatic rings. The van der Waals surface area contributed by atoms with Crippen LogP contribution in [0.1, 0.15) is 35.3 Å². The summed E-state index contributed by atoms with van der Waals surface area (Å²) < 4.78 is 56.9. The summed E-state index contributed by atoms with van der Waals surface area (Å²) in [6.07, 6.45) is 5.20. The molecule has 2 aliphatic rings. The number of aliphatic hydroxyl groups is 1.